The number of carbonyl (C=O) groups excluding carboxylic acids is 1. The zero-order valence-electron chi connectivity index (χ0n) is 13.4. The average Bonchev–Trinajstić information content (AvgIpc) is 3.12. The first-order valence-corrected chi connectivity index (χ1v) is 7.86. The summed E-state index contributed by atoms with van der Waals surface area (Å²) in [6.07, 6.45) is 8.20. The lowest BCUT2D eigenvalue weighted by Crippen LogP contribution is -2.59. The first-order chi connectivity index (χ1) is 11.0. The van der Waals surface area contributed by atoms with Crippen LogP contribution < -0.4 is 4.90 Å². The predicted molar refractivity (Wildman–Crippen MR) is 85.1 cm³/mol. The number of amides is 1. The minimum atomic E-state index is 0.0776. The van der Waals surface area contributed by atoms with E-state index in [4.69, 9.17) is 0 Å². The zero-order valence-corrected chi connectivity index (χ0v) is 13.4. The van der Waals surface area contributed by atoms with Crippen LogP contribution in [0.15, 0.2) is 24.8 Å². The Balaban J connectivity index is 1.39. The molecule has 2 fully saturated rings. The average molecular weight is 312 g/mol. The molecule has 1 spiro atoms. The molecule has 4 rings (SSSR count). The van der Waals surface area contributed by atoms with E-state index in [2.05, 4.69) is 20.0 Å². The molecule has 2 aromatic rings. The van der Waals surface area contributed by atoms with Gasteiger partial charge in [-0.3, -0.25) is 9.48 Å². The Morgan fingerprint density at radius 3 is 2.57 bits per heavy atom. The highest BCUT2D eigenvalue weighted by molar-refractivity contribution is 5.94. The van der Waals surface area contributed by atoms with Gasteiger partial charge in [0.05, 0.1) is 11.8 Å². The van der Waals surface area contributed by atoms with Gasteiger partial charge in [0.25, 0.3) is 5.91 Å². The number of likely N-dealkylation sites (tertiary alicyclic amines) is 1. The fourth-order valence-electron chi connectivity index (χ4n) is 3.53. The van der Waals surface area contributed by atoms with E-state index in [9.17, 15) is 4.79 Å². The van der Waals surface area contributed by atoms with Crippen molar-refractivity contribution in [1.82, 2.24) is 24.6 Å². The number of nitrogens with zero attached hydrogens (tertiary/aromatic N) is 6. The van der Waals surface area contributed by atoms with Gasteiger partial charge in [0.1, 0.15) is 0 Å². The number of hydrogen-bond donors (Lipinski definition) is 0. The molecular weight excluding hydrogens is 292 g/mol. The zero-order chi connectivity index (χ0) is 16.0. The van der Waals surface area contributed by atoms with Gasteiger partial charge in [-0.2, -0.15) is 5.10 Å². The number of anilines is 1. The molecule has 0 bridgehead atoms. The van der Waals surface area contributed by atoms with Crippen LogP contribution in [0.5, 0.6) is 0 Å². The van der Waals surface area contributed by atoms with Crippen LogP contribution in [0.4, 0.5) is 5.95 Å². The summed E-state index contributed by atoms with van der Waals surface area (Å²) in [5.74, 6) is 0.873. The number of aromatic nitrogens is 4. The molecule has 0 aromatic carbocycles. The molecule has 0 N–H and O–H groups in total. The van der Waals surface area contributed by atoms with E-state index < -0.39 is 0 Å². The van der Waals surface area contributed by atoms with Crippen molar-refractivity contribution >= 4 is 11.9 Å². The van der Waals surface area contributed by atoms with E-state index in [1.54, 1.807) is 17.1 Å². The summed E-state index contributed by atoms with van der Waals surface area (Å²) >= 11 is 0. The molecule has 7 nitrogen and oxygen atoms in total. The highest BCUT2D eigenvalue weighted by atomic mass is 16.2. The van der Waals surface area contributed by atoms with E-state index in [0.717, 1.165) is 44.1 Å². The summed E-state index contributed by atoms with van der Waals surface area (Å²) in [6, 6.07) is 0. The summed E-state index contributed by atoms with van der Waals surface area (Å²) in [7, 11) is 1.82. The van der Waals surface area contributed by atoms with Crippen LogP contribution in [-0.4, -0.2) is 56.7 Å². The van der Waals surface area contributed by atoms with Gasteiger partial charge in [0.2, 0.25) is 5.95 Å². The van der Waals surface area contributed by atoms with Crippen LogP contribution in [0.1, 0.15) is 22.3 Å². The van der Waals surface area contributed by atoms with E-state index in [0.29, 0.717) is 5.56 Å². The summed E-state index contributed by atoms with van der Waals surface area (Å²) < 4.78 is 1.66. The molecule has 0 saturated carbocycles. The van der Waals surface area contributed by atoms with Crippen LogP contribution in [-0.2, 0) is 7.05 Å². The van der Waals surface area contributed by atoms with Crippen molar-refractivity contribution in [2.24, 2.45) is 12.5 Å². The molecule has 2 saturated heterocycles. The van der Waals surface area contributed by atoms with E-state index in [1.165, 1.54) is 0 Å². The van der Waals surface area contributed by atoms with Gasteiger partial charge in [-0.1, -0.05) is 0 Å². The molecule has 4 heterocycles. The summed E-state index contributed by atoms with van der Waals surface area (Å²) in [5.41, 5.74) is 1.94. The number of carbonyl (C=O) groups is 1. The number of hydrogen-bond acceptors (Lipinski definition) is 5. The second-order valence-corrected chi connectivity index (χ2v) is 6.80. The molecule has 0 radical (unpaired) electrons. The Morgan fingerprint density at radius 1 is 1.17 bits per heavy atom. The monoisotopic (exact) mass is 312 g/mol. The maximum atomic E-state index is 12.4. The Bertz CT molecular complexity index is 731. The molecule has 23 heavy (non-hydrogen) atoms. The molecule has 0 unspecified atom stereocenters. The van der Waals surface area contributed by atoms with Gasteiger partial charge in [-0.05, 0) is 18.9 Å². The van der Waals surface area contributed by atoms with Crippen LogP contribution in [0.25, 0.3) is 0 Å². The third-order valence-electron chi connectivity index (χ3n) is 4.78. The fraction of sp³-hybridized carbons (Fsp3) is 0.500. The fourth-order valence-corrected chi connectivity index (χ4v) is 3.53. The lowest BCUT2D eigenvalue weighted by molar-refractivity contribution is 0.0167. The van der Waals surface area contributed by atoms with Crippen molar-refractivity contribution in [1.29, 1.82) is 0 Å². The molecule has 2 aliphatic rings. The second-order valence-electron chi connectivity index (χ2n) is 6.80. The van der Waals surface area contributed by atoms with Gasteiger partial charge < -0.3 is 9.80 Å². The highest BCUT2D eigenvalue weighted by Gasteiger charge is 2.49. The standard InChI is InChI=1S/C16H20N6O/c1-12-5-17-15(18-6-12)21-4-3-16(9-21)10-22(11-16)14(23)13-7-19-20(2)8-13/h5-8H,3-4,9-11H2,1-2H3. The van der Waals surface area contributed by atoms with Crippen molar-refractivity contribution in [3.63, 3.8) is 0 Å². The minimum absolute atomic E-state index is 0.0776. The van der Waals surface area contributed by atoms with Crippen molar-refractivity contribution < 1.29 is 4.79 Å². The maximum Gasteiger partial charge on any atom is 0.257 e. The van der Waals surface area contributed by atoms with Crippen LogP contribution in [0.3, 0.4) is 0 Å². The first-order valence-electron chi connectivity index (χ1n) is 7.86. The summed E-state index contributed by atoms with van der Waals surface area (Å²) in [5, 5.41) is 4.07. The first kappa shape index (κ1) is 14.2. The highest BCUT2D eigenvalue weighted by Crippen LogP contribution is 2.40. The normalized spacial score (nSPS) is 19.2. The lowest BCUT2D eigenvalue weighted by atomic mass is 9.79. The van der Waals surface area contributed by atoms with Crippen LogP contribution >= 0.6 is 0 Å². The topological polar surface area (TPSA) is 67.2 Å². The quantitative estimate of drug-likeness (QED) is 0.823. The van der Waals surface area contributed by atoms with Crippen LogP contribution in [0, 0.1) is 12.3 Å². The van der Waals surface area contributed by atoms with Gasteiger partial charge in [-0.25, -0.2) is 9.97 Å². The Kier molecular flexibility index (Phi) is 3.11. The SMILES string of the molecule is Cc1cnc(N2CCC3(CN(C(=O)c4cnn(C)c4)C3)C2)nc1. The molecule has 2 aliphatic heterocycles. The number of rotatable bonds is 2. The Hall–Kier alpha value is -2.44. The smallest absolute Gasteiger partial charge is 0.257 e. The van der Waals surface area contributed by atoms with Crippen molar-refractivity contribution in [3.8, 4) is 0 Å². The summed E-state index contributed by atoms with van der Waals surface area (Å²) in [4.78, 5) is 25.4. The molecule has 1 amide bonds. The van der Waals surface area contributed by atoms with Gasteiger partial charge >= 0.3 is 0 Å². The molecular formula is C16H20N6O. The molecule has 0 aliphatic carbocycles. The molecule has 0 atom stereocenters. The van der Waals surface area contributed by atoms with Gasteiger partial charge in [0.15, 0.2) is 0 Å². The van der Waals surface area contributed by atoms with E-state index in [1.807, 2.05) is 31.3 Å². The van der Waals surface area contributed by atoms with Crippen LogP contribution in [0.2, 0.25) is 0 Å². The molecule has 7 heteroatoms. The Morgan fingerprint density at radius 2 is 1.91 bits per heavy atom. The van der Waals surface area contributed by atoms with Crippen molar-refractivity contribution in [3.05, 3.63) is 35.9 Å². The van der Waals surface area contributed by atoms with Gasteiger partial charge in [0, 0.05) is 57.2 Å². The Labute approximate surface area is 134 Å². The largest absolute Gasteiger partial charge is 0.340 e. The molecule has 120 valence electrons. The summed E-state index contributed by atoms with van der Waals surface area (Å²) in [6.45, 7) is 5.49. The lowest BCUT2D eigenvalue weighted by Gasteiger charge is -2.47. The third kappa shape index (κ3) is 2.46. The van der Waals surface area contributed by atoms with Crippen molar-refractivity contribution in [2.75, 3.05) is 31.1 Å². The maximum absolute atomic E-state index is 12.4. The minimum Gasteiger partial charge on any atom is -0.340 e. The number of aryl methyl sites for hydroxylation is 2. The second kappa shape index (κ2) is 5.04. The van der Waals surface area contributed by atoms with E-state index >= 15 is 0 Å². The predicted octanol–water partition coefficient (Wildman–Crippen LogP) is 0.871. The van der Waals surface area contributed by atoms with E-state index in [-0.39, 0.29) is 11.3 Å². The van der Waals surface area contributed by atoms with Gasteiger partial charge in [-0.15, -0.1) is 0 Å². The third-order valence-corrected chi connectivity index (χ3v) is 4.78. The van der Waals surface area contributed by atoms with Crippen molar-refractivity contribution in [2.45, 2.75) is 13.3 Å². The molecule has 2 aromatic heterocycles.